The van der Waals surface area contributed by atoms with Crippen molar-refractivity contribution in [2.24, 2.45) is 0 Å². The Kier molecular flexibility index (Phi) is 5.96. The predicted molar refractivity (Wildman–Crippen MR) is 217 cm³/mol. The summed E-state index contributed by atoms with van der Waals surface area (Å²) in [5.74, 6) is 1.47. The average Bonchev–Trinajstić information content (AvgIpc) is 3.87. The smallest absolute Gasteiger partial charge is 0.188 e. The number of hydrogen-bond acceptors (Lipinski definition) is 5. The first-order chi connectivity index (χ1) is 27.7. The second kappa shape index (κ2) is 11.0. The van der Waals surface area contributed by atoms with Crippen molar-refractivity contribution in [2.45, 2.75) is 5.41 Å². The monoisotopic (exact) mass is 715 g/mol. The minimum Gasteiger partial charge on any atom is -0.454 e. The minimum atomic E-state index is -0.844. The zero-order valence-electron chi connectivity index (χ0n) is 29.5. The lowest BCUT2D eigenvalue weighted by Crippen LogP contribution is -2.32. The fourth-order valence-electron chi connectivity index (χ4n) is 9.40. The zero-order valence-corrected chi connectivity index (χ0v) is 29.5. The van der Waals surface area contributed by atoms with Gasteiger partial charge in [-0.2, -0.15) is 5.26 Å². The maximum Gasteiger partial charge on any atom is 0.188 e. The van der Waals surface area contributed by atoms with Gasteiger partial charge in [-0.05, 0) is 77.7 Å². The molecule has 1 unspecified atom stereocenters. The minimum absolute atomic E-state index is 0.580. The van der Waals surface area contributed by atoms with Crippen molar-refractivity contribution in [3.05, 3.63) is 191 Å². The number of nitrogens with zero attached hydrogens (tertiary/aromatic N) is 7. The predicted octanol–water partition coefficient (Wildman–Crippen LogP) is 11.0. The maximum atomic E-state index is 9.79. The van der Waals surface area contributed by atoms with Gasteiger partial charge in [-0.15, -0.1) is 0 Å². The summed E-state index contributed by atoms with van der Waals surface area (Å²) in [6.45, 7) is 7.72. The molecule has 1 atom stereocenters. The topological polar surface area (TPSA) is 85.9 Å². The van der Waals surface area contributed by atoms with E-state index in [0.717, 1.165) is 100 Å². The van der Waals surface area contributed by atoms with Crippen molar-refractivity contribution < 1.29 is 4.74 Å². The molecule has 0 saturated carbocycles. The van der Waals surface area contributed by atoms with Gasteiger partial charge in [-0.1, -0.05) is 60.7 Å². The Morgan fingerprint density at radius 2 is 1.38 bits per heavy atom. The SMILES string of the molecule is [C-]#[N+]c1ccc2c(c1)c1ccncc1n2-c1cccc2c1Oc1ccccc1C21c2cccnc2-c2ncc(-n3c4ccccc4c4cc(C#N)ccc43)cc21. The fourth-order valence-corrected chi connectivity index (χ4v) is 9.40. The highest BCUT2D eigenvalue weighted by Crippen LogP contribution is 2.62. The number of hydrogen-bond donors (Lipinski definition) is 0. The van der Waals surface area contributed by atoms with Gasteiger partial charge in [-0.25, -0.2) is 4.85 Å². The normalized spacial score (nSPS) is 15.0. The molecule has 1 aliphatic heterocycles. The van der Waals surface area contributed by atoms with Gasteiger partial charge >= 0.3 is 0 Å². The summed E-state index contributed by atoms with van der Waals surface area (Å²) in [6.07, 6.45) is 7.44. The summed E-state index contributed by atoms with van der Waals surface area (Å²) in [6, 6.07) is 45.4. The second-order valence-electron chi connectivity index (χ2n) is 14.2. The first-order valence-corrected chi connectivity index (χ1v) is 18.3. The largest absolute Gasteiger partial charge is 0.454 e. The first kappa shape index (κ1) is 30.4. The van der Waals surface area contributed by atoms with Crippen LogP contribution in [0.3, 0.4) is 0 Å². The van der Waals surface area contributed by atoms with Crippen LogP contribution in [0.25, 0.3) is 71.2 Å². The van der Waals surface area contributed by atoms with Crippen LogP contribution in [0, 0.1) is 17.9 Å². The van der Waals surface area contributed by atoms with Crippen LogP contribution in [0.5, 0.6) is 11.5 Å². The van der Waals surface area contributed by atoms with Crippen LogP contribution in [-0.2, 0) is 5.41 Å². The molecule has 1 aliphatic carbocycles. The molecule has 12 rings (SSSR count). The van der Waals surface area contributed by atoms with Gasteiger partial charge in [0.15, 0.2) is 11.4 Å². The van der Waals surface area contributed by atoms with E-state index in [4.69, 9.17) is 21.3 Å². The molecule has 5 aromatic heterocycles. The highest BCUT2D eigenvalue weighted by atomic mass is 16.5. The van der Waals surface area contributed by atoms with E-state index in [9.17, 15) is 5.26 Å². The maximum absolute atomic E-state index is 9.79. The molecule has 0 saturated heterocycles. The number of para-hydroxylation sites is 3. The molecule has 0 N–H and O–H groups in total. The van der Waals surface area contributed by atoms with Gasteiger partial charge in [0.1, 0.15) is 5.75 Å². The quantitative estimate of drug-likeness (QED) is 0.166. The van der Waals surface area contributed by atoms with Gasteiger partial charge in [0.2, 0.25) is 0 Å². The van der Waals surface area contributed by atoms with Gasteiger partial charge < -0.3 is 13.9 Å². The Hall–Kier alpha value is -8.07. The standard InChI is InChI=1S/C48H25N7O/c1-50-29-16-18-41-34(23-29)32-19-21-51-27-43(32)55(41)42-13-6-10-37-47(42)56-44-14-5-3-9-35(44)48(37)36-11-7-20-52-45(36)46-38(48)24-30(26-53-46)54-39-12-4-2-8-31(39)33-22-28(25-49)15-17-40(33)54/h2-24,26-27H. The molecule has 0 amide bonds. The number of fused-ring (bicyclic) bond motifs is 15. The third-order valence-electron chi connectivity index (χ3n) is 11.6. The zero-order chi connectivity index (χ0) is 37.1. The van der Waals surface area contributed by atoms with E-state index in [2.05, 4.69) is 79.6 Å². The third kappa shape index (κ3) is 3.76. The van der Waals surface area contributed by atoms with E-state index in [0.29, 0.717) is 11.3 Å². The van der Waals surface area contributed by atoms with Crippen molar-refractivity contribution in [1.82, 2.24) is 24.1 Å². The highest BCUT2D eigenvalue weighted by molar-refractivity contribution is 6.11. The second-order valence-corrected chi connectivity index (χ2v) is 14.2. The Labute approximate surface area is 319 Å². The van der Waals surface area contributed by atoms with E-state index in [1.807, 2.05) is 91.4 Å². The lowest BCUT2D eigenvalue weighted by molar-refractivity contribution is 0.434. The van der Waals surface area contributed by atoms with E-state index in [-0.39, 0.29) is 0 Å². The van der Waals surface area contributed by atoms with E-state index in [1.165, 1.54) is 0 Å². The summed E-state index contributed by atoms with van der Waals surface area (Å²) < 4.78 is 11.5. The first-order valence-electron chi connectivity index (χ1n) is 18.3. The number of ether oxygens (including phenoxy) is 1. The number of pyridine rings is 3. The molecular formula is C48H25N7O. The molecule has 5 aromatic carbocycles. The van der Waals surface area contributed by atoms with Crippen LogP contribution in [-0.4, -0.2) is 24.1 Å². The lowest BCUT2D eigenvalue weighted by Gasteiger charge is -2.39. The molecule has 0 radical (unpaired) electrons. The molecule has 56 heavy (non-hydrogen) atoms. The van der Waals surface area contributed by atoms with Crippen LogP contribution in [0.4, 0.5) is 5.69 Å². The number of rotatable bonds is 2. The number of nitriles is 1. The average molecular weight is 716 g/mol. The Morgan fingerprint density at radius 1 is 0.607 bits per heavy atom. The fraction of sp³-hybridized carbons (Fsp3) is 0.0208. The molecule has 8 nitrogen and oxygen atoms in total. The summed E-state index contributed by atoms with van der Waals surface area (Å²) in [7, 11) is 0. The van der Waals surface area contributed by atoms with Crippen molar-refractivity contribution >= 4 is 49.3 Å². The molecule has 6 heterocycles. The molecule has 0 fully saturated rings. The summed E-state index contributed by atoms with van der Waals surface area (Å²) in [5.41, 5.74) is 11.6. The van der Waals surface area contributed by atoms with Crippen LogP contribution < -0.4 is 4.74 Å². The Balaban J connectivity index is 1.19. The summed E-state index contributed by atoms with van der Waals surface area (Å²) in [5, 5.41) is 13.8. The summed E-state index contributed by atoms with van der Waals surface area (Å²) in [4.78, 5) is 18.5. The van der Waals surface area contributed by atoms with Crippen molar-refractivity contribution in [2.75, 3.05) is 0 Å². The Bertz CT molecular complexity index is 3450. The van der Waals surface area contributed by atoms with Gasteiger partial charge in [0.25, 0.3) is 0 Å². The molecular weight excluding hydrogens is 691 g/mol. The van der Waals surface area contributed by atoms with Crippen molar-refractivity contribution in [1.29, 1.82) is 5.26 Å². The molecule has 10 aromatic rings. The molecule has 8 heteroatoms. The van der Waals surface area contributed by atoms with Gasteiger partial charge in [0.05, 0.1) is 80.8 Å². The number of aromatic nitrogens is 5. The molecule has 2 aliphatic rings. The Morgan fingerprint density at radius 3 is 2.30 bits per heavy atom. The number of benzene rings is 5. The van der Waals surface area contributed by atoms with E-state index in [1.54, 1.807) is 6.20 Å². The van der Waals surface area contributed by atoms with Crippen molar-refractivity contribution in [3.8, 4) is 40.3 Å². The van der Waals surface area contributed by atoms with E-state index >= 15 is 0 Å². The summed E-state index contributed by atoms with van der Waals surface area (Å²) >= 11 is 0. The molecule has 258 valence electrons. The molecule has 0 bridgehead atoms. The van der Waals surface area contributed by atoms with Crippen molar-refractivity contribution in [3.63, 3.8) is 0 Å². The lowest BCUT2D eigenvalue weighted by atomic mass is 9.66. The van der Waals surface area contributed by atoms with Gasteiger partial charge in [0, 0.05) is 45.2 Å². The van der Waals surface area contributed by atoms with Crippen LogP contribution in [0.2, 0.25) is 0 Å². The third-order valence-corrected chi connectivity index (χ3v) is 11.6. The van der Waals surface area contributed by atoms with Crippen LogP contribution >= 0.6 is 0 Å². The van der Waals surface area contributed by atoms with Gasteiger partial charge in [-0.3, -0.25) is 15.0 Å². The highest BCUT2D eigenvalue weighted by Gasteiger charge is 2.53. The molecule has 1 spiro atoms. The van der Waals surface area contributed by atoms with Crippen LogP contribution in [0.15, 0.2) is 152 Å². The van der Waals surface area contributed by atoms with E-state index < -0.39 is 5.41 Å². The van der Waals surface area contributed by atoms with Crippen LogP contribution in [0.1, 0.15) is 27.8 Å².